The van der Waals surface area contributed by atoms with Crippen LogP contribution in [0.25, 0.3) is 5.82 Å². The number of benzene rings is 1. The van der Waals surface area contributed by atoms with Gasteiger partial charge in [-0.2, -0.15) is 23.0 Å². The fourth-order valence-corrected chi connectivity index (χ4v) is 2.08. The monoisotopic (exact) mass is 380 g/mol. The van der Waals surface area contributed by atoms with E-state index < -0.39 is 17.6 Å². The Labute approximate surface area is 148 Å². The van der Waals surface area contributed by atoms with Gasteiger partial charge >= 0.3 is 6.18 Å². The largest absolute Gasteiger partial charge is 0.416 e. The third-order valence-electron chi connectivity index (χ3n) is 3.37. The van der Waals surface area contributed by atoms with E-state index in [4.69, 9.17) is 5.73 Å². The number of nitrogens with zero attached hydrogens (tertiary/aromatic N) is 6. The Morgan fingerprint density at radius 3 is 2.59 bits per heavy atom. The van der Waals surface area contributed by atoms with Crippen LogP contribution in [0.2, 0.25) is 0 Å². The minimum Gasteiger partial charge on any atom is -0.378 e. The van der Waals surface area contributed by atoms with E-state index in [2.05, 4.69) is 35.8 Å². The predicted octanol–water partition coefficient (Wildman–Crippen LogP) is 1.32. The molecule has 0 aliphatic heterocycles. The number of aryl methyl sites for hydroxylation is 1. The van der Waals surface area contributed by atoms with Crippen molar-refractivity contribution in [2.45, 2.75) is 13.1 Å². The van der Waals surface area contributed by atoms with E-state index in [0.29, 0.717) is 5.56 Å². The van der Waals surface area contributed by atoms with Gasteiger partial charge < -0.3 is 5.73 Å². The second-order valence-electron chi connectivity index (χ2n) is 5.23. The zero-order chi connectivity index (χ0) is 19.6. The summed E-state index contributed by atoms with van der Waals surface area (Å²) < 4.78 is 43.1. The van der Waals surface area contributed by atoms with Gasteiger partial charge in [-0.15, -0.1) is 5.10 Å². The molecule has 3 rings (SSSR count). The third kappa shape index (κ3) is 3.75. The van der Waals surface area contributed by atoms with Crippen LogP contribution in [0, 0.1) is 6.92 Å². The molecular weight excluding hydrogens is 369 g/mol. The van der Waals surface area contributed by atoms with Crippen molar-refractivity contribution in [2.24, 2.45) is 5.10 Å². The Balaban J connectivity index is 1.74. The standard InChI is InChI=1S/C14H11F3N8O2/c1-7-10(25(24-20-7)12-11(18)22-27-23-12)13(26)21-19-6-8-2-4-9(5-3-8)14(15,16)17/h2-6H,1H3,(H2,18,22)(H,21,26). The molecule has 0 saturated carbocycles. The molecule has 13 heteroatoms. The van der Waals surface area contributed by atoms with Gasteiger partial charge in [0.2, 0.25) is 11.6 Å². The fourth-order valence-electron chi connectivity index (χ4n) is 2.08. The minimum atomic E-state index is -4.43. The molecule has 1 aromatic carbocycles. The SMILES string of the molecule is Cc1nnn(-c2nonc2N)c1C(=O)NN=Cc1ccc(C(F)(F)F)cc1. The molecule has 0 aliphatic carbocycles. The molecule has 0 saturated heterocycles. The molecule has 0 radical (unpaired) electrons. The topological polar surface area (TPSA) is 137 Å². The normalized spacial score (nSPS) is 11.9. The first-order chi connectivity index (χ1) is 12.8. The van der Waals surface area contributed by atoms with Crippen molar-refractivity contribution in [3.63, 3.8) is 0 Å². The molecule has 10 nitrogen and oxygen atoms in total. The first-order valence-corrected chi connectivity index (χ1v) is 7.28. The number of hydrogen-bond donors (Lipinski definition) is 2. The molecule has 2 aromatic heterocycles. The van der Waals surface area contributed by atoms with E-state index in [1.165, 1.54) is 25.3 Å². The van der Waals surface area contributed by atoms with Crippen molar-refractivity contribution in [2.75, 3.05) is 5.73 Å². The fraction of sp³-hybridized carbons (Fsp3) is 0.143. The van der Waals surface area contributed by atoms with Gasteiger partial charge in [-0.1, -0.05) is 17.3 Å². The second kappa shape index (κ2) is 6.86. The summed E-state index contributed by atoms with van der Waals surface area (Å²) in [5, 5.41) is 18.1. The molecule has 2 heterocycles. The van der Waals surface area contributed by atoms with Gasteiger partial charge in [0.15, 0.2) is 5.69 Å². The number of nitrogens with two attached hydrogens (primary N) is 1. The lowest BCUT2D eigenvalue weighted by molar-refractivity contribution is -0.137. The summed E-state index contributed by atoms with van der Waals surface area (Å²) in [6, 6.07) is 4.26. The highest BCUT2D eigenvalue weighted by atomic mass is 19.4. The maximum atomic E-state index is 12.5. The van der Waals surface area contributed by atoms with Crippen LogP contribution in [-0.4, -0.2) is 37.4 Å². The molecule has 0 unspecified atom stereocenters. The van der Waals surface area contributed by atoms with Crippen LogP contribution >= 0.6 is 0 Å². The number of amides is 1. The predicted molar refractivity (Wildman–Crippen MR) is 84.9 cm³/mol. The molecule has 0 fully saturated rings. The quantitative estimate of drug-likeness (QED) is 0.514. The average molecular weight is 380 g/mol. The molecule has 0 aliphatic rings. The number of carbonyl (C=O) groups is 1. The smallest absolute Gasteiger partial charge is 0.378 e. The number of anilines is 1. The van der Waals surface area contributed by atoms with Crippen molar-refractivity contribution < 1.29 is 22.6 Å². The number of aromatic nitrogens is 5. The maximum Gasteiger partial charge on any atom is 0.416 e. The molecule has 140 valence electrons. The Morgan fingerprint density at radius 1 is 1.30 bits per heavy atom. The first-order valence-electron chi connectivity index (χ1n) is 7.28. The second-order valence-corrected chi connectivity index (χ2v) is 5.23. The molecule has 3 aromatic rings. The van der Waals surface area contributed by atoms with E-state index in [9.17, 15) is 18.0 Å². The van der Waals surface area contributed by atoms with Crippen molar-refractivity contribution in [1.82, 2.24) is 30.7 Å². The summed E-state index contributed by atoms with van der Waals surface area (Å²) in [6.07, 6.45) is -3.24. The van der Waals surface area contributed by atoms with Gasteiger partial charge in [-0.3, -0.25) is 4.79 Å². The Hall–Kier alpha value is -3.77. The Kier molecular flexibility index (Phi) is 4.58. The summed E-state index contributed by atoms with van der Waals surface area (Å²) in [5.74, 6) is -0.808. The van der Waals surface area contributed by atoms with E-state index in [0.717, 1.165) is 16.8 Å². The van der Waals surface area contributed by atoms with Crippen LogP contribution in [0.5, 0.6) is 0 Å². The number of alkyl halides is 3. The van der Waals surface area contributed by atoms with E-state index in [1.807, 2.05) is 0 Å². The highest BCUT2D eigenvalue weighted by molar-refractivity contribution is 5.94. The molecule has 1 amide bonds. The van der Waals surface area contributed by atoms with E-state index in [-0.39, 0.29) is 23.0 Å². The van der Waals surface area contributed by atoms with Gasteiger partial charge in [0, 0.05) is 0 Å². The zero-order valence-electron chi connectivity index (χ0n) is 13.6. The molecule has 0 atom stereocenters. The van der Waals surface area contributed by atoms with Crippen LogP contribution in [-0.2, 0) is 6.18 Å². The first kappa shape index (κ1) is 18.0. The summed E-state index contributed by atoms with van der Waals surface area (Å²) in [7, 11) is 0. The number of nitrogens with one attached hydrogen (secondary N) is 1. The number of hydrazone groups is 1. The number of hydrogen-bond acceptors (Lipinski definition) is 8. The number of carbonyl (C=O) groups excluding carboxylic acids is 1. The number of halogens is 3. The molecule has 0 bridgehead atoms. The summed E-state index contributed by atoms with van der Waals surface area (Å²) in [6.45, 7) is 1.53. The van der Waals surface area contributed by atoms with Gasteiger partial charge in [0.05, 0.1) is 17.5 Å². The van der Waals surface area contributed by atoms with Gasteiger partial charge in [-0.05, 0) is 34.9 Å². The number of rotatable bonds is 4. The third-order valence-corrected chi connectivity index (χ3v) is 3.37. The average Bonchev–Trinajstić information content (AvgIpc) is 3.19. The molecule has 3 N–H and O–H groups in total. The zero-order valence-corrected chi connectivity index (χ0v) is 13.6. The maximum absolute atomic E-state index is 12.5. The van der Waals surface area contributed by atoms with E-state index >= 15 is 0 Å². The van der Waals surface area contributed by atoms with Crippen molar-refractivity contribution in [1.29, 1.82) is 0 Å². The van der Waals surface area contributed by atoms with Crippen LogP contribution in [0.3, 0.4) is 0 Å². The molecule has 27 heavy (non-hydrogen) atoms. The van der Waals surface area contributed by atoms with Crippen molar-refractivity contribution >= 4 is 17.9 Å². The number of nitrogen functional groups attached to an aromatic ring is 1. The van der Waals surface area contributed by atoms with E-state index in [1.54, 1.807) is 0 Å². The lowest BCUT2D eigenvalue weighted by Crippen LogP contribution is -2.22. The lowest BCUT2D eigenvalue weighted by Gasteiger charge is -2.05. The summed E-state index contributed by atoms with van der Waals surface area (Å²) in [4.78, 5) is 12.3. The Bertz CT molecular complexity index is 991. The Morgan fingerprint density at radius 2 is 2.00 bits per heavy atom. The van der Waals surface area contributed by atoms with Crippen LogP contribution in [0.1, 0.15) is 27.3 Å². The minimum absolute atomic E-state index is 0.0121. The molecule has 0 spiro atoms. The summed E-state index contributed by atoms with van der Waals surface area (Å²) in [5.41, 5.74) is 7.63. The van der Waals surface area contributed by atoms with Gasteiger partial charge in [0.25, 0.3) is 5.91 Å². The van der Waals surface area contributed by atoms with Gasteiger partial charge in [0.1, 0.15) is 0 Å². The molecular formula is C14H11F3N8O2. The van der Waals surface area contributed by atoms with Gasteiger partial charge in [-0.25, -0.2) is 10.1 Å². The lowest BCUT2D eigenvalue weighted by atomic mass is 10.1. The van der Waals surface area contributed by atoms with Crippen LogP contribution in [0.15, 0.2) is 34.0 Å². The van der Waals surface area contributed by atoms with Crippen molar-refractivity contribution in [3.8, 4) is 5.82 Å². The highest BCUT2D eigenvalue weighted by Gasteiger charge is 2.29. The highest BCUT2D eigenvalue weighted by Crippen LogP contribution is 2.28. The summed E-state index contributed by atoms with van der Waals surface area (Å²) >= 11 is 0. The van der Waals surface area contributed by atoms with Crippen LogP contribution < -0.4 is 11.2 Å². The van der Waals surface area contributed by atoms with Crippen LogP contribution in [0.4, 0.5) is 19.0 Å². The van der Waals surface area contributed by atoms with Crippen molar-refractivity contribution in [3.05, 3.63) is 46.8 Å².